The Hall–Kier alpha value is -0.590. The monoisotopic (exact) mass is 262 g/mol. The van der Waals surface area contributed by atoms with Gasteiger partial charge < -0.3 is 4.79 Å². The first-order valence-electron chi connectivity index (χ1n) is 7.93. The summed E-state index contributed by atoms with van der Waals surface area (Å²) in [6.07, 6.45) is 9.56. The minimum Gasteiger partial charge on any atom is -0.300 e. The van der Waals surface area contributed by atoms with E-state index in [1.165, 1.54) is 31.3 Å². The van der Waals surface area contributed by atoms with Crippen LogP contribution >= 0.6 is 0 Å². The number of carbonyl (C=O) groups is 1. The van der Waals surface area contributed by atoms with Crippen LogP contribution in [0, 0.1) is 22.7 Å². The van der Waals surface area contributed by atoms with Crippen molar-refractivity contribution in [1.29, 1.82) is 0 Å². The van der Waals surface area contributed by atoms with Gasteiger partial charge in [-0.25, -0.2) is 0 Å². The van der Waals surface area contributed by atoms with Gasteiger partial charge in [-0.15, -0.1) is 0 Å². The van der Waals surface area contributed by atoms with E-state index in [1.807, 2.05) is 0 Å². The van der Waals surface area contributed by atoms with E-state index >= 15 is 0 Å². The summed E-state index contributed by atoms with van der Waals surface area (Å²) >= 11 is 0. The Morgan fingerprint density at radius 2 is 2.00 bits per heavy atom. The van der Waals surface area contributed by atoms with Crippen LogP contribution in [0.3, 0.4) is 0 Å². The number of allylic oxidation sites excluding steroid dienone is 2. The second-order valence-corrected chi connectivity index (χ2v) is 7.88. The van der Waals surface area contributed by atoms with Crippen molar-refractivity contribution in [2.45, 2.75) is 73.1 Å². The van der Waals surface area contributed by atoms with Gasteiger partial charge in [-0.3, -0.25) is 0 Å². The number of carbonyl (C=O) groups excluding carboxylic acids is 1. The van der Waals surface area contributed by atoms with Crippen molar-refractivity contribution in [3.05, 3.63) is 11.6 Å². The molecule has 0 aromatic carbocycles. The van der Waals surface area contributed by atoms with Crippen molar-refractivity contribution in [1.82, 2.24) is 0 Å². The van der Waals surface area contributed by atoms with E-state index in [0.717, 1.165) is 18.8 Å². The van der Waals surface area contributed by atoms with Crippen molar-refractivity contribution in [2.24, 2.45) is 22.7 Å². The quantitative estimate of drug-likeness (QED) is 0.642. The van der Waals surface area contributed by atoms with Crippen LogP contribution in [-0.2, 0) is 4.79 Å². The highest BCUT2D eigenvalue weighted by Crippen LogP contribution is 2.60. The standard InChI is InChI=1S/C18H30O/c1-13-7-10-16-17(3,4)11-6-12-18(16,5)15(13)9-8-14(2)19/h7,15-16H,6,8-12H2,1-5H3. The molecule has 1 saturated carbocycles. The normalized spacial score (nSPS) is 37.4. The maximum Gasteiger partial charge on any atom is 0.129 e. The van der Waals surface area contributed by atoms with Crippen LogP contribution in [0.1, 0.15) is 73.1 Å². The number of ketones is 1. The molecule has 1 heteroatoms. The summed E-state index contributed by atoms with van der Waals surface area (Å²) in [4.78, 5) is 11.4. The summed E-state index contributed by atoms with van der Waals surface area (Å²) in [5.41, 5.74) is 2.41. The number of rotatable bonds is 3. The van der Waals surface area contributed by atoms with E-state index in [0.29, 0.717) is 22.5 Å². The SMILES string of the molecule is CC(=O)CCC1C(C)=CCC2C(C)(C)CCCC12C. The Bertz CT molecular complexity index is 390. The second kappa shape index (κ2) is 5.07. The fourth-order valence-corrected chi connectivity index (χ4v) is 5.04. The van der Waals surface area contributed by atoms with E-state index < -0.39 is 0 Å². The average Bonchev–Trinajstić information content (AvgIpc) is 2.26. The van der Waals surface area contributed by atoms with E-state index in [1.54, 1.807) is 6.92 Å². The van der Waals surface area contributed by atoms with E-state index in [9.17, 15) is 4.79 Å². The molecule has 108 valence electrons. The Balaban J connectivity index is 2.28. The van der Waals surface area contributed by atoms with Gasteiger partial charge in [0.25, 0.3) is 0 Å². The highest BCUT2D eigenvalue weighted by molar-refractivity contribution is 5.75. The first-order chi connectivity index (χ1) is 8.77. The largest absolute Gasteiger partial charge is 0.300 e. The highest BCUT2D eigenvalue weighted by Gasteiger charge is 2.51. The lowest BCUT2D eigenvalue weighted by molar-refractivity contribution is -0.117. The Morgan fingerprint density at radius 3 is 2.63 bits per heavy atom. The molecule has 3 atom stereocenters. The molecular formula is C18H30O. The molecule has 2 aliphatic carbocycles. The summed E-state index contributed by atoms with van der Waals surface area (Å²) in [5, 5.41) is 0. The van der Waals surface area contributed by atoms with Gasteiger partial charge in [-0.2, -0.15) is 0 Å². The lowest BCUT2D eigenvalue weighted by Gasteiger charge is -2.57. The fraction of sp³-hybridized carbons (Fsp3) is 0.833. The van der Waals surface area contributed by atoms with Crippen LogP contribution in [0.2, 0.25) is 0 Å². The molecule has 0 heterocycles. The first-order valence-corrected chi connectivity index (χ1v) is 7.93. The summed E-state index contributed by atoms with van der Waals surface area (Å²) in [6.45, 7) is 11.4. The van der Waals surface area contributed by atoms with Crippen LogP contribution in [0.25, 0.3) is 0 Å². The van der Waals surface area contributed by atoms with Gasteiger partial charge in [-0.1, -0.05) is 38.8 Å². The maximum absolute atomic E-state index is 11.4. The second-order valence-electron chi connectivity index (χ2n) is 7.88. The molecule has 0 bridgehead atoms. The number of hydrogen-bond acceptors (Lipinski definition) is 1. The van der Waals surface area contributed by atoms with E-state index in [4.69, 9.17) is 0 Å². The van der Waals surface area contributed by atoms with E-state index in [2.05, 4.69) is 33.8 Å². The zero-order valence-electron chi connectivity index (χ0n) is 13.4. The molecule has 0 spiro atoms. The molecule has 1 nitrogen and oxygen atoms in total. The Morgan fingerprint density at radius 1 is 1.32 bits per heavy atom. The molecule has 2 rings (SSSR count). The van der Waals surface area contributed by atoms with Crippen LogP contribution in [-0.4, -0.2) is 5.78 Å². The van der Waals surface area contributed by atoms with Gasteiger partial charge in [0.2, 0.25) is 0 Å². The molecule has 0 amide bonds. The maximum atomic E-state index is 11.4. The van der Waals surface area contributed by atoms with Gasteiger partial charge in [0.15, 0.2) is 0 Å². The van der Waals surface area contributed by atoms with Gasteiger partial charge >= 0.3 is 0 Å². The van der Waals surface area contributed by atoms with Gasteiger partial charge in [0.05, 0.1) is 0 Å². The summed E-state index contributed by atoms with van der Waals surface area (Å²) in [7, 11) is 0. The lowest BCUT2D eigenvalue weighted by atomic mass is 9.48. The molecule has 3 unspecified atom stereocenters. The molecule has 0 radical (unpaired) electrons. The Labute approximate surface area is 118 Å². The average molecular weight is 262 g/mol. The smallest absolute Gasteiger partial charge is 0.129 e. The molecule has 2 aliphatic rings. The van der Waals surface area contributed by atoms with Gasteiger partial charge in [0.1, 0.15) is 5.78 Å². The van der Waals surface area contributed by atoms with Gasteiger partial charge in [-0.05, 0) is 62.2 Å². The minimum absolute atomic E-state index is 0.341. The number of fused-ring (bicyclic) bond motifs is 1. The third-order valence-electron chi connectivity index (χ3n) is 6.08. The van der Waals surface area contributed by atoms with E-state index in [-0.39, 0.29) is 0 Å². The van der Waals surface area contributed by atoms with Crippen LogP contribution in [0.5, 0.6) is 0 Å². The molecule has 0 aromatic rings. The van der Waals surface area contributed by atoms with Gasteiger partial charge in [0, 0.05) is 6.42 Å². The highest BCUT2D eigenvalue weighted by atomic mass is 16.1. The van der Waals surface area contributed by atoms with Crippen molar-refractivity contribution in [3.63, 3.8) is 0 Å². The van der Waals surface area contributed by atoms with Crippen molar-refractivity contribution in [2.75, 3.05) is 0 Å². The molecule has 19 heavy (non-hydrogen) atoms. The van der Waals surface area contributed by atoms with Crippen LogP contribution in [0.4, 0.5) is 0 Å². The summed E-state index contributed by atoms with van der Waals surface area (Å²) < 4.78 is 0. The molecule has 0 aromatic heterocycles. The minimum atomic E-state index is 0.341. The fourth-order valence-electron chi connectivity index (χ4n) is 5.04. The molecule has 0 saturated heterocycles. The van der Waals surface area contributed by atoms with Crippen molar-refractivity contribution < 1.29 is 4.79 Å². The van der Waals surface area contributed by atoms with Crippen LogP contribution < -0.4 is 0 Å². The first kappa shape index (κ1) is 14.8. The van der Waals surface area contributed by atoms with Crippen molar-refractivity contribution in [3.8, 4) is 0 Å². The molecular weight excluding hydrogens is 232 g/mol. The summed E-state index contributed by atoms with van der Waals surface area (Å²) in [6, 6.07) is 0. The molecule has 0 aliphatic heterocycles. The topological polar surface area (TPSA) is 17.1 Å². The third-order valence-corrected chi connectivity index (χ3v) is 6.08. The molecule has 1 fully saturated rings. The van der Waals surface area contributed by atoms with Crippen LogP contribution in [0.15, 0.2) is 11.6 Å². The zero-order valence-corrected chi connectivity index (χ0v) is 13.4. The zero-order chi connectivity index (χ0) is 14.3. The molecule has 0 N–H and O–H groups in total. The van der Waals surface area contributed by atoms with Crippen molar-refractivity contribution >= 4 is 5.78 Å². The predicted molar refractivity (Wildman–Crippen MR) is 81.0 cm³/mol. The summed E-state index contributed by atoms with van der Waals surface area (Å²) in [5.74, 6) is 1.75. The number of Topliss-reactive ketones (excluding diaryl/α,β-unsaturated/α-hetero) is 1. The Kier molecular flexibility index (Phi) is 3.95. The predicted octanol–water partition coefficient (Wildman–Crippen LogP) is 5.15. The third kappa shape index (κ3) is 2.66. The lowest BCUT2D eigenvalue weighted by Crippen LogP contribution is -2.48. The number of hydrogen-bond donors (Lipinski definition) is 0.